The Balaban J connectivity index is 1.66. The lowest BCUT2D eigenvalue weighted by atomic mass is 9.54. The lowest BCUT2D eigenvalue weighted by Gasteiger charge is -2.49. The van der Waals surface area contributed by atoms with Gasteiger partial charge in [-0.2, -0.15) is 0 Å². The Hall–Kier alpha value is -0.890. The van der Waals surface area contributed by atoms with Gasteiger partial charge in [-0.15, -0.1) is 0 Å². The number of ketones is 1. The highest BCUT2D eigenvalue weighted by Gasteiger charge is 2.55. The fourth-order valence-electron chi connectivity index (χ4n) is 5.56. The molecule has 0 aromatic heterocycles. The molecule has 1 N–H and O–H groups in total. The van der Waals surface area contributed by atoms with Crippen molar-refractivity contribution in [2.45, 2.75) is 58.0 Å². The van der Waals surface area contributed by atoms with Crippen molar-refractivity contribution in [1.29, 1.82) is 0 Å². The summed E-state index contributed by atoms with van der Waals surface area (Å²) in [5, 5.41) is 9.80. The van der Waals surface area contributed by atoms with Crippen LogP contribution in [0, 0.1) is 23.2 Å². The lowest BCUT2D eigenvalue weighted by molar-refractivity contribution is -0.129. The molecule has 0 aromatic rings. The van der Waals surface area contributed by atoms with Crippen LogP contribution in [0.25, 0.3) is 0 Å². The average molecular weight is 272 g/mol. The summed E-state index contributed by atoms with van der Waals surface area (Å²) in [4.78, 5) is 12.3. The Kier molecular flexibility index (Phi) is 2.76. The quantitative estimate of drug-likeness (QED) is 0.733. The van der Waals surface area contributed by atoms with Crippen molar-refractivity contribution in [2.75, 3.05) is 0 Å². The molecule has 0 spiro atoms. The molecule has 20 heavy (non-hydrogen) atoms. The molecule has 0 amide bonds. The number of carbonyl (C=O) groups excluding carboxylic acids is 1. The summed E-state index contributed by atoms with van der Waals surface area (Å²) in [7, 11) is 0. The van der Waals surface area contributed by atoms with Crippen LogP contribution in [0.15, 0.2) is 23.3 Å². The van der Waals surface area contributed by atoms with Gasteiger partial charge in [0.1, 0.15) is 5.78 Å². The zero-order chi connectivity index (χ0) is 13.9. The fourth-order valence-corrected chi connectivity index (χ4v) is 5.56. The molecule has 0 bridgehead atoms. The first-order chi connectivity index (χ1) is 9.59. The van der Waals surface area contributed by atoms with Gasteiger partial charge in [0.15, 0.2) is 0 Å². The van der Waals surface area contributed by atoms with Gasteiger partial charge in [0.05, 0.1) is 6.10 Å². The number of aliphatic hydroxyl groups excluding tert-OH is 1. The van der Waals surface area contributed by atoms with Gasteiger partial charge >= 0.3 is 0 Å². The number of hydrogen-bond donors (Lipinski definition) is 1. The first-order valence-corrected chi connectivity index (χ1v) is 8.22. The van der Waals surface area contributed by atoms with Gasteiger partial charge in [-0.05, 0) is 67.4 Å². The number of allylic oxidation sites excluding steroid dienone is 2. The van der Waals surface area contributed by atoms with Crippen molar-refractivity contribution in [3.8, 4) is 0 Å². The van der Waals surface area contributed by atoms with Crippen molar-refractivity contribution in [1.82, 2.24) is 0 Å². The van der Waals surface area contributed by atoms with Crippen molar-refractivity contribution in [3.05, 3.63) is 23.3 Å². The first-order valence-electron chi connectivity index (χ1n) is 8.22. The Morgan fingerprint density at radius 1 is 1.25 bits per heavy atom. The third-order valence-corrected chi connectivity index (χ3v) is 6.64. The van der Waals surface area contributed by atoms with E-state index in [0.717, 1.165) is 32.1 Å². The SMILES string of the molecule is C[C@]12CCC3C4=CCC(O)C=C4CCC3C1CCC2=O. The minimum absolute atomic E-state index is 0.0167. The molecule has 5 atom stereocenters. The smallest absolute Gasteiger partial charge is 0.139 e. The van der Waals surface area contributed by atoms with E-state index in [2.05, 4.69) is 19.1 Å². The third-order valence-electron chi connectivity index (χ3n) is 6.64. The van der Waals surface area contributed by atoms with Crippen molar-refractivity contribution >= 4 is 5.78 Å². The van der Waals surface area contributed by atoms with Crippen LogP contribution in [0.2, 0.25) is 0 Å². The van der Waals surface area contributed by atoms with Gasteiger partial charge in [-0.3, -0.25) is 4.79 Å². The molecule has 4 aliphatic carbocycles. The normalized spacial score (nSPS) is 47.0. The number of hydrogen-bond acceptors (Lipinski definition) is 2. The second-order valence-electron chi connectivity index (χ2n) is 7.49. The highest BCUT2D eigenvalue weighted by Crippen LogP contribution is 2.59. The maximum atomic E-state index is 12.3. The topological polar surface area (TPSA) is 37.3 Å². The molecular formula is C18H24O2. The maximum absolute atomic E-state index is 12.3. The lowest BCUT2D eigenvalue weighted by Crippen LogP contribution is -2.44. The minimum Gasteiger partial charge on any atom is -0.389 e. The summed E-state index contributed by atoms with van der Waals surface area (Å²) >= 11 is 0. The zero-order valence-corrected chi connectivity index (χ0v) is 12.3. The molecule has 3 fully saturated rings. The molecule has 3 saturated carbocycles. The second-order valence-corrected chi connectivity index (χ2v) is 7.49. The van der Waals surface area contributed by atoms with E-state index in [1.807, 2.05) is 0 Å². The summed E-state index contributed by atoms with van der Waals surface area (Å²) in [6.45, 7) is 2.23. The number of carbonyl (C=O) groups is 1. The molecule has 4 unspecified atom stereocenters. The van der Waals surface area contributed by atoms with Crippen LogP contribution in [0.1, 0.15) is 51.9 Å². The van der Waals surface area contributed by atoms with Crippen LogP contribution in [0.3, 0.4) is 0 Å². The zero-order valence-electron chi connectivity index (χ0n) is 12.3. The maximum Gasteiger partial charge on any atom is 0.139 e. The minimum atomic E-state index is -0.271. The second kappa shape index (κ2) is 4.30. The van der Waals surface area contributed by atoms with E-state index in [-0.39, 0.29) is 11.5 Å². The van der Waals surface area contributed by atoms with E-state index in [0.29, 0.717) is 23.5 Å². The third kappa shape index (κ3) is 1.64. The van der Waals surface area contributed by atoms with E-state index in [1.165, 1.54) is 24.0 Å². The summed E-state index contributed by atoms with van der Waals surface area (Å²) in [6, 6.07) is 0. The van der Waals surface area contributed by atoms with Crippen LogP contribution < -0.4 is 0 Å². The molecule has 2 nitrogen and oxygen atoms in total. The first kappa shape index (κ1) is 12.8. The number of rotatable bonds is 0. The van der Waals surface area contributed by atoms with Gasteiger partial charge in [-0.1, -0.05) is 19.1 Å². The van der Waals surface area contributed by atoms with Crippen molar-refractivity contribution in [3.63, 3.8) is 0 Å². The number of Topliss-reactive ketones (excluding diaryl/α,β-unsaturated/α-hetero) is 1. The molecule has 108 valence electrons. The summed E-state index contributed by atoms with van der Waals surface area (Å²) < 4.78 is 0. The van der Waals surface area contributed by atoms with E-state index >= 15 is 0 Å². The monoisotopic (exact) mass is 272 g/mol. The van der Waals surface area contributed by atoms with Crippen LogP contribution in [-0.4, -0.2) is 17.0 Å². The van der Waals surface area contributed by atoms with Gasteiger partial charge in [0.25, 0.3) is 0 Å². The molecule has 0 aliphatic heterocycles. The van der Waals surface area contributed by atoms with Crippen molar-refractivity contribution in [2.24, 2.45) is 23.2 Å². The molecule has 0 aromatic carbocycles. The molecular weight excluding hydrogens is 248 g/mol. The Morgan fingerprint density at radius 2 is 2.10 bits per heavy atom. The molecule has 4 rings (SSSR count). The molecule has 0 radical (unpaired) electrons. The van der Waals surface area contributed by atoms with Gasteiger partial charge < -0.3 is 5.11 Å². The summed E-state index contributed by atoms with van der Waals surface area (Å²) in [5.41, 5.74) is 2.91. The highest BCUT2D eigenvalue weighted by molar-refractivity contribution is 5.87. The van der Waals surface area contributed by atoms with E-state index < -0.39 is 0 Å². The predicted molar refractivity (Wildman–Crippen MR) is 78.1 cm³/mol. The standard InChI is InChI=1S/C18H24O2/c1-18-9-8-14-13-5-3-12(19)10-11(13)2-4-15(14)16(18)6-7-17(18)20/h5,10,12,14-16,19H,2-4,6-9H2,1H3/t12?,14?,15?,16?,18-/m0/s1. The number of fused-ring (bicyclic) bond motifs is 5. The van der Waals surface area contributed by atoms with Gasteiger partial charge in [0.2, 0.25) is 0 Å². The van der Waals surface area contributed by atoms with Gasteiger partial charge in [0, 0.05) is 11.8 Å². The molecule has 2 heteroatoms. The average Bonchev–Trinajstić information content (AvgIpc) is 2.74. The van der Waals surface area contributed by atoms with Gasteiger partial charge in [-0.25, -0.2) is 0 Å². The largest absolute Gasteiger partial charge is 0.389 e. The highest BCUT2D eigenvalue weighted by atomic mass is 16.3. The van der Waals surface area contributed by atoms with Crippen LogP contribution in [0.4, 0.5) is 0 Å². The fraction of sp³-hybridized carbons (Fsp3) is 0.722. The van der Waals surface area contributed by atoms with Crippen LogP contribution in [-0.2, 0) is 4.79 Å². The van der Waals surface area contributed by atoms with Crippen LogP contribution in [0.5, 0.6) is 0 Å². The van der Waals surface area contributed by atoms with E-state index in [4.69, 9.17) is 0 Å². The van der Waals surface area contributed by atoms with Crippen LogP contribution >= 0.6 is 0 Å². The Bertz CT molecular complexity index is 516. The predicted octanol–water partition coefficient (Wildman–Crippen LogP) is 3.41. The Labute approximate surface area is 120 Å². The molecule has 4 aliphatic rings. The molecule has 0 heterocycles. The Morgan fingerprint density at radius 3 is 2.95 bits per heavy atom. The van der Waals surface area contributed by atoms with Crippen molar-refractivity contribution < 1.29 is 9.90 Å². The molecule has 0 saturated heterocycles. The van der Waals surface area contributed by atoms with E-state index in [1.54, 1.807) is 0 Å². The number of aliphatic hydroxyl groups is 1. The summed E-state index contributed by atoms with van der Waals surface area (Å²) in [6.07, 6.45) is 11.4. The van der Waals surface area contributed by atoms with E-state index in [9.17, 15) is 9.90 Å². The summed E-state index contributed by atoms with van der Waals surface area (Å²) in [5.74, 6) is 2.50.